The van der Waals surface area contributed by atoms with E-state index in [9.17, 15) is 13.6 Å². The van der Waals surface area contributed by atoms with E-state index in [0.717, 1.165) is 6.08 Å². The number of ether oxygens (including phenoxy) is 1. The van der Waals surface area contributed by atoms with Crippen molar-refractivity contribution < 1.29 is 18.3 Å². The Morgan fingerprint density at radius 3 is 2.70 bits per heavy atom. The van der Waals surface area contributed by atoms with Crippen molar-refractivity contribution in [1.82, 2.24) is 9.97 Å². The van der Waals surface area contributed by atoms with Crippen LogP contribution in [0.2, 0.25) is 5.02 Å². The number of benzene rings is 2. The summed E-state index contributed by atoms with van der Waals surface area (Å²) in [6.07, 6.45) is 2.46. The first-order valence-electron chi connectivity index (χ1n) is 10.1. The largest absolute Gasteiger partial charge is 0.378 e. The molecule has 0 aliphatic carbocycles. The fraction of sp³-hybridized carbons (Fsp3) is 0.174. The number of aromatic nitrogens is 2. The summed E-state index contributed by atoms with van der Waals surface area (Å²) in [7, 11) is 0. The van der Waals surface area contributed by atoms with Gasteiger partial charge in [0.05, 0.1) is 35.8 Å². The molecular weight excluding hydrogens is 452 g/mol. The molecule has 2 N–H and O–H groups in total. The second-order valence-electron chi connectivity index (χ2n) is 7.20. The minimum atomic E-state index is -0.579. The van der Waals surface area contributed by atoms with Gasteiger partial charge in [-0.3, -0.25) is 4.79 Å². The van der Waals surface area contributed by atoms with E-state index in [-0.39, 0.29) is 28.2 Å². The van der Waals surface area contributed by atoms with E-state index < -0.39 is 11.7 Å². The van der Waals surface area contributed by atoms with Crippen LogP contribution in [0, 0.1) is 11.6 Å². The van der Waals surface area contributed by atoms with Gasteiger partial charge < -0.3 is 20.3 Å². The molecule has 7 nitrogen and oxygen atoms in total. The van der Waals surface area contributed by atoms with Crippen molar-refractivity contribution in [3.63, 3.8) is 0 Å². The minimum Gasteiger partial charge on any atom is -0.378 e. The molecule has 1 fully saturated rings. The van der Waals surface area contributed by atoms with Gasteiger partial charge in [-0.05, 0) is 42.5 Å². The number of hydrogen-bond donors (Lipinski definition) is 2. The van der Waals surface area contributed by atoms with Crippen molar-refractivity contribution >= 4 is 40.5 Å². The lowest BCUT2D eigenvalue weighted by molar-refractivity contribution is -0.111. The first-order valence-corrected chi connectivity index (χ1v) is 10.5. The molecule has 0 unspecified atom stereocenters. The zero-order valence-corrected chi connectivity index (χ0v) is 18.2. The first-order chi connectivity index (χ1) is 15.9. The van der Waals surface area contributed by atoms with Gasteiger partial charge in [-0.25, -0.2) is 18.7 Å². The van der Waals surface area contributed by atoms with Crippen LogP contribution in [0.4, 0.5) is 31.8 Å². The quantitative estimate of drug-likeness (QED) is 0.504. The average Bonchev–Trinajstić information content (AvgIpc) is 2.81. The number of amides is 1. The Morgan fingerprint density at radius 1 is 1.15 bits per heavy atom. The number of rotatable bonds is 6. The number of nitrogens with one attached hydrogen (secondary N) is 2. The maximum absolute atomic E-state index is 14.4. The van der Waals surface area contributed by atoms with Gasteiger partial charge in [-0.15, -0.1) is 0 Å². The zero-order valence-electron chi connectivity index (χ0n) is 17.4. The smallest absolute Gasteiger partial charge is 0.247 e. The molecule has 1 aliphatic rings. The lowest BCUT2D eigenvalue weighted by Gasteiger charge is -2.29. The Balaban J connectivity index is 1.62. The number of morpholine rings is 1. The van der Waals surface area contributed by atoms with Crippen LogP contribution in [-0.2, 0) is 9.53 Å². The van der Waals surface area contributed by atoms with Gasteiger partial charge in [-0.2, -0.15) is 0 Å². The molecule has 10 heteroatoms. The molecule has 1 saturated heterocycles. The fourth-order valence-electron chi connectivity index (χ4n) is 3.39. The van der Waals surface area contributed by atoms with E-state index >= 15 is 0 Å². The number of nitrogens with zero attached hydrogens (tertiary/aromatic N) is 3. The zero-order chi connectivity index (χ0) is 23.4. The molecule has 3 aromatic rings. The van der Waals surface area contributed by atoms with E-state index in [1.54, 1.807) is 12.1 Å². The summed E-state index contributed by atoms with van der Waals surface area (Å²) in [6.45, 7) is 5.62. The van der Waals surface area contributed by atoms with E-state index in [0.29, 0.717) is 43.2 Å². The van der Waals surface area contributed by atoms with Gasteiger partial charge in [0.15, 0.2) is 0 Å². The van der Waals surface area contributed by atoms with Crippen LogP contribution < -0.4 is 15.5 Å². The van der Waals surface area contributed by atoms with Crippen molar-refractivity contribution in [2.45, 2.75) is 0 Å². The topological polar surface area (TPSA) is 79.4 Å². The molecule has 170 valence electrons. The third-order valence-corrected chi connectivity index (χ3v) is 5.20. The minimum absolute atomic E-state index is 0.190. The number of carbonyl (C=O) groups is 1. The third kappa shape index (κ3) is 5.44. The van der Waals surface area contributed by atoms with Crippen molar-refractivity contribution in [1.29, 1.82) is 0 Å². The van der Waals surface area contributed by atoms with Crippen molar-refractivity contribution in [2.24, 2.45) is 0 Å². The monoisotopic (exact) mass is 471 g/mol. The normalized spacial score (nSPS) is 13.5. The summed E-state index contributed by atoms with van der Waals surface area (Å²) in [5.74, 6) is -1.20. The Labute approximate surface area is 194 Å². The van der Waals surface area contributed by atoms with Crippen LogP contribution in [0.15, 0.2) is 55.3 Å². The first kappa shape index (κ1) is 22.6. The Kier molecular flexibility index (Phi) is 6.81. The van der Waals surface area contributed by atoms with Crippen molar-refractivity contribution in [2.75, 3.05) is 41.8 Å². The molecule has 0 radical (unpaired) electrons. The maximum Gasteiger partial charge on any atom is 0.247 e. The van der Waals surface area contributed by atoms with Crippen LogP contribution in [0.3, 0.4) is 0 Å². The summed E-state index contributed by atoms with van der Waals surface area (Å²) in [6, 6.07) is 8.56. The molecule has 4 rings (SSSR count). The predicted octanol–water partition coefficient (Wildman–Crippen LogP) is 4.78. The molecule has 0 atom stereocenters. The van der Waals surface area contributed by atoms with Gasteiger partial charge in [-0.1, -0.05) is 18.2 Å². The molecule has 0 saturated carbocycles. The van der Waals surface area contributed by atoms with Crippen molar-refractivity contribution in [3.05, 3.63) is 71.9 Å². The van der Waals surface area contributed by atoms with Crippen LogP contribution in [0.1, 0.15) is 0 Å². The molecule has 2 aromatic carbocycles. The predicted molar refractivity (Wildman–Crippen MR) is 124 cm³/mol. The van der Waals surface area contributed by atoms with Gasteiger partial charge in [0.1, 0.15) is 11.6 Å². The van der Waals surface area contributed by atoms with E-state index in [1.165, 1.54) is 30.5 Å². The molecule has 1 amide bonds. The second kappa shape index (κ2) is 9.93. The molecule has 2 heterocycles. The van der Waals surface area contributed by atoms with E-state index in [1.807, 2.05) is 4.90 Å². The summed E-state index contributed by atoms with van der Waals surface area (Å²) < 4.78 is 33.9. The summed E-state index contributed by atoms with van der Waals surface area (Å²) in [5, 5.41) is 5.74. The number of halogens is 3. The Hall–Kier alpha value is -3.56. The SMILES string of the molecule is C=CC(=O)Nc1cc(F)cc(-c2nc(Nc3ccc(F)c(N4CCOCC4)c3)ncc2Cl)c1. The van der Waals surface area contributed by atoms with E-state index in [4.69, 9.17) is 16.3 Å². The van der Waals surface area contributed by atoms with Gasteiger partial charge in [0.25, 0.3) is 0 Å². The standard InChI is InChI=1S/C23H20ClF2N5O2/c1-2-21(32)28-17-10-14(9-15(25)11-17)22-18(24)13-27-23(30-22)29-16-3-4-19(26)20(12-16)31-5-7-33-8-6-31/h2-4,9-13H,1,5-8H2,(H,28,32)(H,27,29,30). The maximum atomic E-state index is 14.4. The lowest BCUT2D eigenvalue weighted by atomic mass is 10.1. The molecule has 0 bridgehead atoms. The molecule has 1 aliphatic heterocycles. The van der Waals surface area contributed by atoms with E-state index in [2.05, 4.69) is 27.2 Å². The fourth-order valence-corrected chi connectivity index (χ4v) is 3.59. The highest BCUT2D eigenvalue weighted by Gasteiger charge is 2.17. The van der Waals surface area contributed by atoms with Crippen LogP contribution in [-0.4, -0.2) is 42.2 Å². The molecular formula is C23H20ClF2N5O2. The highest BCUT2D eigenvalue weighted by atomic mass is 35.5. The van der Waals surface area contributed by atoms with Gasteiger partial charge in [0.2, 0.25) is 11.9 Å². The number of anilines is 4. The summed E-state index contributed by atoms with van der Waals surface area (Å²) in [4.78, 5) is 22.1. The van der Waals surface area contributed by atoms with Crippen LogP contribution >= 0.6 is 11.6 Å². The number of hydrogen-bond acceptors (Lipinski definition) is 6. The Bertz CT molecular complexity index is 1200. The molecule has 1 aromatic heterocycles. The highest BCUT2D eigenvalue weighted by molar-refractivity contribution is 6.33. The lowest BCUT2D eigenvalue weighted by Crippen LogP contribution is -2.36. The van der Waals surface area contributed by atoms with Crippen LogP contribution in [0.25, 0.3) is 11.3 Å². The average molecular weight is 472 g/mol. The second-order valence-corrected chi connectivity index (χ2v) is 7.61. The highest BCUT2D eigenvalue weighted by Crippen LogP contribution is 2.31. The van der Waals surface area contributed by atoms with Gasteiger partial charge in [0, 0.05) is 30.0 Å². The van der Waals surface area contributed by atoms with Crippen molar-refractivity contribution in [3.8, 4) is 11.3 Å². The molecule has 0 spiro atoms. The summed E-state index contributed by atoms with van der Waals surface area (Å²) >= 11 is 6.27. The van der Waals surface area contributed by atoms with Gasteiger partial charge >= 0.3 is 0 Å². The van der Waals surface area contributed by atoms with Crippen LogP contribution in [0.5, 0.6) is 0 Å². The third-order valence-electron chi connectivity index (χ3n) is 4.92. The number of carbonyl (C=O) groups excluding carboxylic acids is 1. The Morgan fingerprint density at radius 2 is 1.94 bits per heavy atom. The molecule has 33 heavy (non-hydrogen) atoms. The summed E-state index contributed by atoms with van der Waals surface area (Å²) in [5.41, 5.74) is 1.86.